The average molecular weight is 383 g/mol. The van der Waals surface area contributed by atoms with E-state index in [1.54, 1.807) is 31.0 Å². The Labute approximate surface area is 167 Å². The van der Waals surface area contributed by atoms with Crippen molar-refractivity contribution in [1.29, 1.82) is 0 Å². The lowest BCUT2D eigenvalue weighted by Crippen LogP contribution is -2.35. The van der Waals surface area contributed by atoms with Crippen molar-refractivity contribution in [3.8, 4) is 11.1 Å². The van der Waals surface area contributed by atoms with E-state index in [1.165, 1.54) is 0 Å². The Morgan fingerprint density at radius 1 is 1.00 bits per heavy atom. The summed E-state index contributed by atoms with van der Waals surface area (Å²) in [5.41, 5.74) is 3.77. The smallest absolute Gasteiger partial charge is 0.253 e. The van der Waals surface area contributed by atoms with Gasteiger partial charge < -0.3 is 15.3 Å². The van der Waals surface area contributed by atoms with Gasteiger partial charge in [0, 0.05) is 30.8 Å². The third-order valence-electron chi connectivity index (χ3n) is 4.46. The van der Waals surface area contributed by atoms with Gasteiger partial charge in [0.1, 0.15) is 0 Å². The average Bonchev–Trinajstić information content (AvgIpc) is 2.66. The van der Waals surface area contributed by atoms with Crippen LogP contribution < -0.4 is 5.32 Å². The van der Waals surface area contributed by atoms with Crippen molar-refractivity contribution in [2.45, 2.75) is 33.7 Å². The first-order valence-corrected chi connectivity index (χ1v) is 9.60. The van der Waals surface area contributed by atoms with E-state index in [2.05, 4.69) is 19.2 Å². The summed E-state index contributed by atoms with van der Waals surface area (Å²) < 4.78 is 0. The van der Waals surface area contributed by atoms with Crippen molar-refractivity contribution in [1.82, 2.24) is 10.2 Å². The molecule has 2 aromatic rings. The van der Waals surface area contributed by atoms with Gasteiger partial charge in [0.25, 0.3) is 11.8 Å². The molecule has 0 heterocycles. The molecule has 0 aliphatic heterocycles. The summed E-state index contributed by atoms with van der Waals surface area (Å²) in [6, 6.07) is 12.8. The summed E-state index contributed by atoms with van der Waals surface area (Å²) in [5.74, 6) is -0.0783. The number of nitrogens with zero attached hydrogens (tertiary/aromatic N) is 1. The number of amides is 2. The standard InChI is InChI=1S/C23H30N2O3/c1-15(2)13-25(5)23(28)21-11-19(18-8-6-16(3)7-9-18)10-20(12-21)22(27)24-17(4)14-26/h6-12,15,17,26H,13-14H2,1-5H3,(H,24,27). The van der Waals surface area contributed by atoms with Crippen LogP contribution in [0.5, 0.6) is 0 Å². The van der Waals surface area contributed by atoms with Crippen molar-refractivity contribution in [3.05, 3.63) is 59.2 Å². The minimum Gasteiger partial charge on any atom is -0.394 e. The second-order valence-corrected chi connectivity index (χ2v) is 7.80. The summed E-state index contributed by atoms with van der Waals surface area (Å²) in [7, 11) is 1.77. The molecule has 0 radical (unpaired) electrons. The third-order valence-corrected chi connectivity index (χ3v) is 4.46. The van der Waals surface area contributed by atoms with Gasteiger partial charge in [0.15, 0.2) is 0 Å². The maximum absolute atomic E-state index is 12.9. The highest BCUT2D eigenvalue weighted by atomic mass is 16.3. The van der Waals surface area contributed by atoms with Crippen LogP contribution >= 0.6 is 0 Å². The van der Waals surface area contributed by atoms with E-state index in [1.807, 2.05) is 37.3 Å². The zero-order valence-corrected chi connectivity index (χ0v) is 17.3. The van der Waals surface area contributed by atoms with Crippen LogP contribution in [0.15, 0.2) is 42.5 Å². The number of nitrogens with one attached hydrogen (secondary N) is 1. The quantitative estimate of drug-likeness (QED) is 0.770. The second-order valence-electron chi connectivity index (χ2n) is 7.80. The number of hydrogen-bond acceptors (Lipinski definition) is 3. The molecular weight excluding hydrogens is 352 g/mol. The van der Waals surface area contributed by atoms with E-state index in [0.717, 1.165) is 16.7 Å². The molecule has 2 aromatic carbocycles. The lowest BCUT2D eigenvalue weighted by molar-refractivity contribution is 0.0779. The van der Waals surface area contributed by atoms with E-state index < -0.39 is 0 Å². The number of aryl methyl sites for hydroxylation is 1. The summed E-state index contributed by atoms with van der Waals surface area (Å²) in [4.78, 5) is 27.2. The van der Waals surface area contributed by atoms with Crippen LogP contribution in [0.2, 0.25) is 0 Å². The lowest BCUT2D eigenvalue weighted by Gasteiger charge is -2.20. The minimum absolute atomic E-state index is 0.119. The van der Waals surface area contributed by atoms with Crippen molar-refractivity contribution < 1.29 is 14.7 Å². The molecule has 0 spiro atoms. The zero-order chi connectivity index (χ0) is 20.8. The molecule has 2 amide bonds. The van der Waals surface area contributed by atoms with Crippen molar-refractivity contribution in [3.63, 3.8) is 0 Å². The molecule has 2 rings (SSSR count). The number of aliphatic hydroxyl groups is 1. The topological polar surface area (TPSA) is 69.6 Å². The Morgan fingerprint density at radius 2 is 1.61 bits per heavy atom. The Kier molecular flexibility index (Phi) is 7.35. The van der Waals surface area contributed by atoms with Crippen LogP contribution in [-0.4, -0.2) is 48.1 Å². The number of hydrogen-bond donors (Lipinski definition) is 2. The molecule has 5 heteroatoms. The molecule has 5 nitrogen and oxygen atoms in total. The molecule has 2 N–H and O–H groups in total. The highest BCUT2D eigenvalue weighted by molar-refractivity contribution is 6.01. The lowest BCUT2D eigenvalue weighted by atomic mass is 9.98. The first-order valence-electron chi connectivity index (χ1n) is 9.60. The number of aliphatic hydroxyl groups excluding tert-OH is 1. The van der Waals surface area contributed by atoms with Crippen LogP contribution in [0.25, 0.3) is 11.1 Å². The fraction of sp³-hybridized carbons (Fsp3) is 0.391. The maximum atomic E-state index is 12.9. The molecule has 0 aliphatic rings. The monoisotopic (exact) mass is 382 g/mol. The highest BCUT2D eigenvalue weighted by Gasteiger charge is 2.18. The fourth-order valence-electron chi connectivity index (χ4n) is 3.00. The molecule has 1 atom stereocenters. The number of carbonyl (C=O) groups is 2. The molecular formula is C23H30N2O3. The van der Waals surface area contributed by atoms with Crippen molar-refractivity contribution in [2.75, 3.05) is 20.2 Å². The Bertz CT molecular complexity index is 828. The highest BCUT2D eigenvalue weighted by Crippen LogP contribution is 2.24. The van der Waals surface area contributed by atoms with E-state index >= 15 is 0 Å². The van der Waals surface area contributed by atoms with Gasteiger partial charge in [-0.15, -0.1) is 0 Å². The molecule has 0 aromatic heterocycles. The first kappa shape index (κ1) is 21.6. The molecule has 28 heavy (non-hydrogen) atoms. The van der Waals surface area contributed by atoms with Gasteiger partial charge in [-0.05, 0) is 49.1 Å². The predicted octanol–water partition coefficient (Wildman–Crippen LogP) is 3.50. The van der Waals surface area contributed by atoms with E-state index in [0.29, 0.717) is 23.6 Å². The van der Waals surface area contributed by atoms with Crippen molar-refractivity contribution in [2.24, 2.45) is 5.92 Å². The first-order chi connectivity index (χ1) is 13.2. The molecule has 0 saturated heterocycles. The number of rotatable bonds is 7. The van der Waals surface area contributed by atoms with Crippen molar-refractivity contribution >= 4 is 11.8 Å². The van der Waals surface area contributed by atoms with Crippen LogP contribution in [0.3, 0.4) is 0 Å². The van der Waals surface area contributed by atoms with Crippen LogP contribution in [0.1, 0.15) is 47.1 Å². The van der Waals surface area contributed by atoms with Gasteiger partial charge in [-0.1, -0.05) is 43.7 Å². The predicted molar refractivity (Wildman–Crippen MR) is 112 cm³/mol. The minimum atomic E-state index is -0.363. The Balaban J connectivity index is 2.47. The van der Waals surface area contributed by atoms with E-state index in [-0.39, 0.29) is 24.5 Å². The summed E-state index contributed by atoms with van der Waals surface area (Å²) in [5, 5.41) is 12.0. The summed E-state index contributed by atoms with van der Waals surface area (Å²) in [6.07, 6.45) is 0. The van der Waals surface area contributed by atoms with E-state index in [4.69, 9.17) is 0 Å². The third kappa shape index (κ3) is 5.67. The molecule has 1 unspecified atom stereocenters. The van der Waals surface area contributed by atoms with Crippen LogP contribution in [-0.2, 0) is 0 Å². The number of benzene rings is 2. The molecule has 0 aliphatic carbocycles. The SMILES string of the molecule is Cc1ccc(-c2cc(C(=O)NC(C)CO)cc(C(=O)N(C)CC(C)C)c2)cc1. The van der Waals surface area contributed by atoms with Gasteiger partial charge in [-0.2, -0.15) is 0 Å². The zero-order valence-electron chi connectivity index (χ0n) is 17.3. The Morgan fingerprint density at radius 3 is 2.18 bits per heavy atom. The largest absolute Gasteiger partial charge is 0.394 e. The second kappa shape index (κ2) is 9.51. The van der Waals surface area contributed by atoms with Gasteiger partial charge in [0.05, 0.1) is 6.61 Å². The molecule has 150 valence electrons. The van der Waals surface area contributed by atoms with E-state index in [9.17, 15) is 14.7 Å². The maximum Gasteiger partial charge on any atom is 0.253 e. The van der Waals surface area contributed by atoms with Gasteiger partial charge in [-0.25, -0.2) is 0 Å². The van der Waals surface area contributed by atoms with Gasteiger partial charge >= 0.3 is 0 Å². The molecule has 0 fully saturated rings. The fourth-order valence-corrected chi connectivity index (χ4v) is 3.00. The normalized spacial score (nSPS) is 12.0. The van der Waals surface area contributed by atoms with Crippen LogP contribution in [0.4, 0.5) is 0 Å². The van der Waals surface area contributed by atoms with Crippen LogP contribution in [0, 0.1) is 12.8 Å². The Hall–Kier alpha value is -2.66. The molecule has 0 bridgehead atoms. The summed E-state index contributed by atoms with van der Waals surface area (Å²) >= 11 is 0. The number of carbonyl (C=O) groups excluding carboxylic acids is 2. The molecule has 0 saturated carbocycles. The van der Waals surface area contributed by atoms with Gasteiger partial charge in [0.2, 0.25) is 0 Å². The summed E-state index contributed by atoms with van der Waals surface area (Å²) in [6.45, 7) is 8.34. The van der Waals surface area contributed by atoms with Gasteiger partial charge in [-0.3, -0.25) is 9.59 Å².